The van der Waals surface area contributed by atoms with Crippen molar-refractivity contribution in [2.75, 3.05) is 59.4 Å². The molecular formula is C22H34FN5O2. The van der Waals surface area contributed by atoms with Crippen LogP contribution >= 0.6 is 0 Å². The van der Waals surface area contributed by atoms with E-state index in [-0.39, 0.29) is 17.8 Å². The van der Waals surface area contributed by atoms with Crippen molar-refractivity contribution in [1.29, 1.82) is 0 Å². The number of hydrogen-bond acceptors (Lipinski definition) is 4. The van der Waals surface area contributed by atoms with Crippen LogP contribution in [0.2, 0.25) is 0 Å². The van der Waals surface area contributed by atoms with Gasteiger partial charge in [-0.2, -0.15) is 0 Å². The van der Waals surface area contributed by atoms with Crippen molar-refractivity contribution in [2.45, 2.75) is 32.3 Å². The first-order chi connectivity index (χ1) is 14.5. The van der Waals surface area contributed by atoms with Gasteiger partial charge in [0.25, 0.3) is 0 Å². The van der Waals surface area contributed by atoms with Crippen LogP contribution < -0.4 is 10.1 Å². The van der Waals surface area contributed by atoms with Crippen LogP contribution in [0.5, 0.6) is 5.75 Å². The number of benzene rings is 1. The van der Waals surface area contributed by atoms with Gasteiger partial charge in [-0.15, -0.1) is 0 Å². The van der Waals surface area contributed by atoms with Crippen LogP contribution in [0, 0.1) is 5.82 Å². The number of halogens is 1. The Bertz CT molecular complexity index is 698. The molecule has 8 heteroatoms. The number of ether oxygens (including phenoxy) is 1. The zero-order chi connectivity index (χ0) is 21.3. The molecule has 1 amide bonds. The van der Waals surface area contributed by atoms with Gasteiger partial charge in [0.15, 0.2) is 5.96 Å². The summed E-state index contributed by atoms with van der Waals surface area (Å²) < 4.78 is 18.8. The molecule has 0 bridgehead atoms. The third-order valence-corrected chi connectivity index (χ3v) is 5.65. The molecular weight excluding hydrogens is 385 g/mol. The van der Waals surface area contributed by atoms with Gasteiger partial charge in [0, 0.05) is 46.3 Å². The van der Waals surface area contributed by atoms with Gasteiger partial charge >= 0.3 is 0 Å². The van der Waals surface area contributed by atoms with E-state index in [9.17, 15) is 9.18 Å². The van der Waals surface area contributed by atoms with E-state index in [2.05, 4.69) is 20.1 Å². The van der Waals surface area contributed by atoms with Crippen LogP contribution in [0.25, 0.3) is 0 Å². The molecule has 0 spiro atoms. The molecule has 1 atom stereocenters. The standard InChI is InChI=1S/C22H34FN5O2/c1-18(30-20-8-6-19(23)7-9-20)16-25-22(24-2)28-14-12-26(13-15-28)17-21(29)27-10-4-3-5-11-27/h6-9,18H,3-5,10-17H2,1-2H3,(H,24,25). The van der Waals surface area contributed by atoms with E-state index in [1.54, 1.807) is 19.2 Å². The molecule has 2 aliphatic heterocycles. The molecule has 1 aromatic rings. The molecule has 0 aliphatic carbocycles. The third-order valence-electron chi connectivity index (χ3n) is 5.65. The summed E-state index contributed by atoms with van der Waals surface area (Å²) in [5.74, 6) is 1.47. The van der Waals surface area contributed by atoms with Crippen molar-refractivity contribution in [3.05, 3.63) is 30.1 Å². The smallest absolute Gasteiger partial charge is 0.236 e. The fourth-order valence-corrected chi connectivity index (χ4v) is 3.91. The number of hydrogen-bond donors (Lipinski definition) is 1. The van der Waals surface area contributed by atoms with Crippen molar-refractivity contribution in [3.8, 4) is 5.75 Å². The van der Waals surface area contributed by atoms with Gasteiger partial charge in [0.05, 0.1) is 13.1 Å². The summed E-state index contributed by atoms with van der Waals surface area (Å²) in [4.78, 5) is 23.3. The number of piperazine rings is 1. The van der Waals surface area contributed by atoms with Crippen molar-refractivity contribution in [1.82, 2.24) is 20.0 Å². The van der Waals surface area contributed by atoms with Crippen molar-refractivity contribution in [3.63, 3.8) is 0 Å². The summed E-state index contributed by atoms with van der Waals surface area (Å²) in [6.45, 7) is 8.26. The molecule has 0 aromatic heterocycles. The van der Waals surface area contributed by atoms with Crippen LogP contribution in [0.15, 0.2) is 29.3 Å². The Kier molecular flexibility index (Phi) is 8.30. The maximum absolute atomic E-state index is 13.0. The molecule has 2 saturated heterocycles. The molecule has 2 aliphatic rings. The van der Waals surface area contributed by atoms with Crippen molar-refractivity contribution < 1.29 is 13.9 Å². The lowest BCUT2D eigenvalue weighted by atomic mass is 10.1. The molecule has 1 unspecified atom stereocenters. The highest BCUT2D eigenvalue weighted by Crippen LogP contribution is 2.13. The van der Waals surface area contributed by atoms with Crippen molar-refractivity contribution in [2.24, 2.45) is 4.99 Å². The monoisotopic (exact) mass is 419 g/mol. The van der Waals surface area contributed by atoms with Crippen LogP contribution in [-0.4, -0.2) is 92.1 Å². The predicted molar refractivity (Wildman–Crippen MR) is 116 cm³/mol. The highest BCUT2D eigenvalue weighted by Gasteiger charge is 2.24. The number of carbonyl (C=O) groups excluding carboxylic acids is 1. The SMILES string of the molecule is CN=C(NCC(C)Oc1ccc(F)cc1)N1CCN(CC(=O)N2CCCCC2)CC1. The Labute approximate surface area is 178 Å². The quantitative estimate of drug-likeness (QED) is 0.563. The van der Waals surface area contributed by atoms with Gasteiger partial charge in [-0.25, -0.2) is 4.39 Å². The maximum atomic E-state index is 13.0. The minimum atomic E-state index is -0.273. The first-order valence-electron chi connectivity index (χ1n) is 10.9. The molecule has 30 heavy (non-hydrogen) atoms. The highest BCUT2D eigenvalue weighted by atomic mass is 19.1. The van der Waals surface area contributed by atoms with Gasteiger partial charge in [-0.05, 0) is 50.5 Å². The van der Waals surface area contributed by atoms with Crippen LogP contribution in [0.1, 0.15) is 26.2 Å². The second kappa shape index (κ2) is 11.2. The normalized spacial score (nSPS) is 19.5. The van der Waals surface area contributed by atoms with E-state index in [0.717, 1.165) is 58.1 Å². The van der Waals surface area contributed by atoms with Gasteiger partial charge in [0.1, 0.15) is 17.7 Å². The number of rotatable bonds is 6. The first-order valence-corrected chi connectivity index (χ1v) is 10.9. The minimum absolute atomic E-state index is 0.0873. The number of piperidine rings is 1. The molecule has 2 heterocycles. The number of aliphatic imine (C=N–C) groups is 1. The fraction of sp³-hybridized carbons (Fsp3) is 0.636. The molecule has 0 radical (unpaired) electrons. The van der Waals surface area contributed by atoms with E-state index >= 15 is 0 Å². The molecule has 1 N–H and O–H groups in total. The predicted octanol–water partition coefficient (Wildman–Crippen LogP) is 1.80. The number of nitrogens with one attached hydrogen (secondary N) is 1. The van der Waals surface area contributed by atoms with Gasteiger partial charge in [-0.3, -0.25) is 14.7 Å². The number of nitrogens with zero attached hydrogens (tertiary/aromatic N) is 4. The average molecular weight is 420 g/mol. The van der Waals surface area contributed by atoms with E-state index in [1.807, 2.05) is 11.8 Å². The fourth-order valence-electron chi connectivity index (χ4n) is 3.91. The zero-order valence-electron chi connectivity index (χ0n) is 18.1. The van der Waals surface area contributed by atoms with Crippen LogP contribution in [-0.2, 0) is 4.79 Å². The van der Waals surface area contributed by atoms with E-state index in [4.69, 9.17) is 4.74 Å². The Morgan fingerprint density at radius 1 is 1.07 bits per heavy atom. The summed E-state index contributed by atoms with van der Waals surface area (Å²) >= 11 is 0. The Morgan fingerprint density at radius 3 is 2.37 bits per heavy atom. The van der Waals surface area contributed by atoms with Gasteiger partial charge in [0.2, 0.25) is 5.91 Å². The summed E-state index contributed by atoms with van der Waals surface area (Å²) in [5.41, 5.74) is 0. The van der Waals surface area contributed by atoms with Crippen LogP contribution in [0.3, 0.4) is 0 Å². The lowest BCUT2D eigenvalue weighted by Gasteiger charge is -2.37. The molecule has 3 rings (SSSR count). The molecule has 0 saturated carbocycles. The summed E-state index contributed by atoms with van der Waals surface area (Å²) in [6.07, 6.45) is 3.41. The number of carbonyl (C=O) groups is 1. The Balaban J connectivity index is 1.38. The lowest BCUT2D eigenvalue weighted by Crippen LogP contribution is -2.55. The third kappa shape index (κ3) is 6.58. The number of amides is 1. The Morgan fingerprint density at radius 2 is 1.73 bits per heavy atom. The number of guanidine groups is 1. The zero-order valence-corrected chi connectivity index (χ0v) is 18.1. The molecule has 166 valence electrons. The number of likely N-dealkylation sites (tertiary alicyclic amines) is 1. The topological polar surface area (TPSA) is 60.4 Å². The lowest BCUT2D eigenvalue weighted by molar-refractivity contribution is -0.133. The second-order valence-corrected chi connectivity index (χ2v) is 8.02. The Hall–Kier alpha value is -2.35. The van der Waals surface area contributed by atoms with E-state index in [0.29, 0.717) is 18.8 Å². The average Bonchev–Trinajstić information content (AvgIpc) is 2.77. The molecule has 7 nitrogen and oxygen atoms in total. The summed E-state index contributed by atoms with van der Waals surface area (Å²) in [6, 6.07) is 6.05. The minimum Gasteiger partial charge on any atom is -0.489 e. The van der Waals surface area contributed by atoms with Crippen molar-refractivity contribution >= 4 is 11.9 Å². The molecule has 2 fully saturated rings. The van der Waals surface area contributed by atoms with Crippen LogP contribution in [0.4, 0.5) is 4.39 Å². The van der Waals surface area contributed by atoms with E-state index < -0.39 is 0 Å². The molecule has 1 aromatic carbocycles. The first kappa shape index (κ1) is 22.3. The second-order valence-electron chi connectivity index (χ2n) is 8.02. The van der Waals surface area contributed by atoms with Gasteiger partial charge in [-0.1, -0.05) is 0 Å². The maximum Gasteiger partial charge on any atom is 0.236 e. The van der Waals surface area contributed by atoms with Gasteiger partial charge < -0.3 is 19.9 Å². The summed E-state index contributed by atoms with van der Waals surface area (Å²) in [7, 11) is 1.78. The summed E-state index contributed by atoms with van der Waals surface area (Å²) in [5, 5.41) is 3.36. The highest BCUT2D eigenvalue weighted by molar-refractivity contribution is 5.80. The van der Waals surface area contributed by atoms with E-state index in [1.165, 1.54) is 18.6 Å². The largest absolute Gasteiger partial charge is 0.489 e.